The summed E-state index contributed by atoms with van der Waals surface area (Å²) in [6, 6.07) is 2.93. The van der Waals surface area contributed by atoms with Gasteiger partial charge in [0, 0.05) is 25.8 Å². The third-order valence-corrected chi connectivity index (χ3v) is 3.52. The van der Waals surface area contributed by atoms with Crippen molar-refractivity contribution in [3.05, 3.63) is 39.7 Å². The molecule has 1 aliphatic rings. The first-order valence-corrected chi connectivity index (χ1v) is 6.87. The highest BCUT2D eigenvalue weighted by Gasteiger charge is 2.28. The zero-order valence-electron chi connectivity index (χ0n) is 11.8. The summed E-state index contributed by atoms with van der Waals surface area (Å²) in [6.45, 7) is 3.44. The van der Waals surface area contributed by atoms with Crippen LogP contribution in [0.3, 0.4) is 0 Å². The second-order valence-electron chi connectivity index (χ2n) is 4.87. The van der Waals surface area contributed by atoms with Crippen LogP contribution < -0.4 is 0 Å². The molecular formula is C14H17FN2O4. The number of hydrogen-bond acceptors (Lipinski definition) is 4. The molecule has 1 amide bonds. The van der Waals surface area contributed by atoms with E-state index in [1.807, 2.05) is 6.92 Å². The number of halogens is 1. The Labute approximate surface area is 121 Å². The van der Waals surface area contributed by atoms with Gasteiger partial charge in [-0.3, -0.25) is 14.9 Å². The average molecular weight is 296 g/mol. The SMILES string of the molecule is CCOC1CCN(C(=O)c2cc(F)ccc2[N+](=O)[O-])CC1. The number of hydrogen-bond donors (Lipinski definition) is 0. The Hall–Kier alpha value is -2.02. The predicted molar refractivity (Wildman–Crippen MR) is 73.6 cm³/mol. The highest BCUT2D eigenvalue weighted by molar-refractivity contribution is 5.98. The standard InChI is InChI=1S/C14H17FN2O4/c1-2-21-11-5-7-16(8-6-11)14(18)12-9-10(15)3-4-13(12)17(19)20/h3-4,9,11H,2,5-8H2,1H3. The number of benzene rings is 1. The number of carbonyl (C=O) groups excluding carboxylic acids is 1. The summed E-state index contributed by atoms with van der Waals surface area (Å²) < 4.78 is 18.8. The fourth-order valence-electron chi connectivity index (χ4n) is 2.47. The Morgan fingerprint density at radius 2 is 2.14 bits per heavy atom. The van der Waals surface area contributed by atoms with Crippen molar-refractivity contribution in [2.24, 2.45) is 0 Å². The summed E-state index contributed by atoms with van der Waals surface area (Å²) in [6.07, 6.45) is 1.48. The van der Waals surface area contributed by atoms with Gasteiger partial charge in [0.25, 0.3) is 11.6 Å². The van der Waals surface area contributed by atoms with Crippen LogP contribution in [0.4, 0.5) is 10.1 Å². The molecule has 7 heteroatoms. The number of rotatable bonds is 4. The molecule has 6 nitrogen and oxygen atoms in total. The molecular weight excluding hydrogens is 279 g/mol. The van der Waals surface area contributed by atoms with Crippen molar-refractivity contribution < 1.29 is 18.8 Å². The lowest BCUT2D eigenvalue weighted by Gasteiger charge is -2.31. The van der Waals surface area contributed by atoms with Gasteiger partial charge in [-0.25, -0.2) is 4.39 Å². The first kappa shape index (κ1) is 15.4. The van der Waals surface area contributed by atoms with Gasteiger partial charge in [0.15, 0.2) is 0 Å². The molecule has 114 valence electrons. The summed E-state index contributed by atoms with van der Waals surface area (Å²) >= 11 is 0. The number of nitro benzene ring substituents is 1. The van der Waals surface area contributed by atoms with Gasteiger partial charge >= 0.3 is 0 Å². The topological polar surface area (TPSA) is 72.7 Å². The number of carbonyl (C=O) groups is 1. The largest absolute Gasteiger partial charge is 0.378 e. The Balaban J connectivity index is 2.14. The lowest BCUT2D eigenvalue weighted by Crippen LogP contribution is -2.41. The fourth-order valence-corrected chi connectivity index (χ4v) is 2.47. The third kappa shape index (κ3) is 3.55. The van der Waals surface area contributed by atoms with Gasteiger partial charge in [0.2, 0.25) is 0 Å². The number of amides is 1. The molecule has 0 bridgehead atoms. The normalized spacial score (nSPS) is 16.0. The van der Waals surface area contributed by atoms with Crippen LogP contribution in [0.15, 0.2) is 18.2 Å². The fraction of sp³-hybridized carbons (Fsp3) is 0.500. The molecule has 0 N–H and O–H groups in total. The molecule has 0 radical (unpaired) electrons. The van der Waals surface area contributed by atoms with E-state index in [1.165, 1.54) is 4.90 Å². The van der Waals surface area contributed by atoms with Crippen LogP contribution >= 0.6 is 0 Å². The molecule has 0 unspecified atom stereocenters. The van der Waals surface area contributed by atoms with Gasteiger partial charge in [-0.2, -0.15) is 0 Å². The van der Waals surface area contributed by atoms with E-state index in [0.717, 1.165) is 18.2 Å². The Bertz CT molecular complexity index is 542. The second-order valence-corrected chi connectivity index (χ2v) is 4.87. The zero-order valence-corrected chi connectivity index (χ0v) is 11.8. The summed E-state index contributed by atoms with van der Waals surface area (Å²) in [5, 5.41) is 10.9. The van der Waals surface area contributed by atoms with Gasteiger partial charge < -0.3 is 9.64 Å². The number of likely N-dealkylation sites (tertiary alicyclic amines) is 1. The first-order valence-electron chi connectivity index (χ1n) is 6.87. The maximum Gasteiger partial charge on any atom is 0.282 e. The van der Waals surface area contributed by atoms with Gasteiger partial charge in [-0.15, -0.1) is 0 Å². The first-order chi connectivity index (χ1) is 10.0. The lowest BCUT2D eigenvalue weighted by molar-refractivity contribution is -0.385. The van der Waals surface area contributed by atoms with Crippen LogP contribution in [-0.2, 0) is 4.74 Å². The van der Waals surface area contributed by atoms with Crippen LogP contribution in [0, 0.1) is 15.9 Å². The molecule has 2 rings (SSSR count). The number of nitro groups is 1. The summed E-state index contributed by atoms with van der Waals surface area (Å²) in [5.41, 5.74) is -0.566. The molecule has 1 aromatic carbocycles. The van der Waals surface area contributed by atoms with E-state index in [9.17, 15) is 19.3 Å². The van der Waals surface area contributed by atoms with Crippen molar-refractivity contribution in [2.45, 2.75) is 25.9 Å². The van der Waals surface area contributed by atoms with E-state index in [1.54, 1.807) is 0 Å². The van der Waals surface area contributed by atoms with Crippen LogP contribution in [0.5, 0.6) is 0 Å². The molecule has 1 aliphatic heterocycles. The highest BCUT2D eigenvalue weighted by atomic mass is 19.1. The lowest BCUT2D eigenvalue weighted by atomic mass is 10.1. The van der Waals surface area contributed by atoms with Crippen LogP contribution in [0.2, 0.25) is 0 Å². The number of nitrogens with zero attached hydrogens (tertiary/aromatic N) is 2. The predicted octanol–water partition coefficient (Wildman–Crippen LogP) is 2.38. The molecule has 0 saturated carbocycles. The van der Waals surface area contributed by atoms with E-state index >= 15 is 0 Å². The minimum Gasteiger partial charge on any atom is -0.378 e. The molecule has 0 spiro atoms. The Kier molecular flexibility index (Phi) is 4.85. The van der Waals surface area contributed by atoms with Crippen molar-refractivity contribution in [3.63, 3.8) is 0 Å². The summed E-state index contributed by atoms with van der Waals surface area (Å²) in [4.78, 5) is 24.1. The molecule has 1 heterocycles. The molecule has 0 atom stereocenters. The quantitative estimate of drug-likeness (QED) is 0.631. The number of ether oxygens (including phenoxy) is 1. The van der Waals surface area contributed by atoms with Crippen LogP contribution in [-0.4, -0.2) is 41.5 Å². The van der Waals surface area contributed by atoms with E-state index in [4.69, 9.17) is 4.74 Å². The van der Waals surface area contributed by atoms with Crippen molar-refractivity contribution >= 4 is 11.6 Å². The minimum absolute atomic E-state index is 0.113. The maximum atomic E-state index is 13.3. The van der Waals surface area contributed by atoms with Gasteiger partial charge in [0.1, 0.15) is 11.4 Å². The van der Waals surface area contributed by atoms with Gasteiger partial charge in [0.05, 0.1) is 11.0 Å². The second kappa shape index (κ2) is 6.62. The smallest absolute Gasteiger partial charge is 0.282 e. The Morgan fingerprint density at radius 3 is 2.71 bits per heavy atom. The maximum absolute atomic E-state index is 13.3. The van der Waals surface area contributed by atoms with E-state index in [0.29, 0.717) is 32.5 Å². The van der Waals surface area contributed by atoms with Crippen molar-refractivity contribution in [2.75, 3.05) is 19.7 Å². The zero-order chi connectivity index (χ0) is 15.4. The molecule has 0 aliphatic carbocycles. The van der Waals surface area contributed by atoms with Crippen molar-refractivity contribution in [1.29, 1.82) is 0 Å². The highest BCUT2D eigenvalue weighted by Crippen LogP contribution is 2.23. The molecule has 0 aromatic heterocycles. The molecule has 21 heavy (non-hydrogen) atoms. The molecule has 1 saturated heterocycles. The van der Waals surface area contributed by atoms with E-state index in [-0.39, 0.29) is 17.4 Å². The van der Waals surface area contributed by atoms with E-state index in [2.05, 4.69) is 0 Å². The van der Waals surface area contributed by atoms with Gasteiger partial charge in [-0.05, 0) is 31.9 Å². The Morgan fingerprint density at radius 1 is 1.48 bits per heavy atom. The van der Waals surface area contributed by atoms with Crippen molar-refractivity contribution in [3.8, 4) is 0 Å². The molecule has 1 fully saturated rings. The molecule has 1 aromatic rings. The van der Waals surface area contributed by atoms with Gasteiger partial charge in [-0.1, -0.05) is 0 Å². The third-order valence-electron chi connectivity index (χ3n) is 3.52. The summed E-state index contributed by atoms with van der Waals surface area (Å²) in [5.74, 6) is -1.16. The average Bonchev–Trinajstić information content (AvgIpc) is 2.47. The monoisotopic (exact) mass is 296 g/mol. The van der Waals surface area contributed by atoms with Crippen molar-refractivity contribution in [1.82, 2.24) is 4.90 Å². The van der Waals surface area contributed by atoms with Crippen LogP contribution in [0.1, 0.15) is 30.1 Å². The summed E-state index contributed by atoms with van der Waals surface area (Å²) in [7, 11) is 0. The van der Waals surface area contributed by atoms with Crippen LogP contribution in [0.25, 0.3) is 0 Å². The number of piperidine rings is 1. The minimum atomic E-state index is -0.667. The van der Waals surface area contributed by atoms with E-state index < -0.39 is 16.6 Å².